The number of fused-ring (bicyclic) bond motifs is 1. The minimum Gasteiger partial charge on any atom is -0.492 e. The number of ether oxygens (including phenoxy) is 3. The van der Waals surface area contributed by atoms with Gasteiger partial charge in [0.25, 0.3) is 0 Å². The summed E-state index contributed by atoms with van der Waals surface area (Å²) >= 11 is 0. The standard InChI is InChI=1S/C15H14N2O4/c1-8(18)11-12-9(5-6-17-10(12)7-16)13(19-2)15(21-4)14(11)20-3/h5-6H,1-4H3. The molecule has 0 aliphatic heterocycles. The van der Waals surface area contributed by atoms with Gasteiger partial charge in [-0.3, -0.25) is 4.79 Å². The average Bonchev–Trinajstić information content (AvgIpc) is 2.51. The van der Waals surface area contributed by atoms with Crippen molar-refractivity contribution in [1.82, 2.24) is 4.98 Å². The fourth-order valence-electron chi connectivity index (χ4n) is 2.36. The van der Waals surface area contributed by atoms with Gasteiger partial charge in [0.05, 0.1) is 26.9 Å². The molecule has 0 saturated carbocycles. The molecule has 1 aromatic carbocycles. The first-order valence-electron chi connectivity index (χ1n) is 6.12. The number of carbonyl (C=O) groups is 1. The molecular weight excluding hydrogens is 272 g/mol. The van der Waals surface area contributed by atoms with E-state index in [0.29, 0.717) is 22.3 Å². The third-order valence-electron chi connectivity index (χ3n) is 3.16. The van der Waals surface area contributed by atoms with Crippen LogP contribution >= 0.6 is 0 Å². The van der Waals surface area contributed by atoms with Gasteiger partial charge in [-0.1, -0.05) is 0 Å². The average molecular weight is 286 g/mol. The highest BCUT2D eigenvalue weighted by atomic mass is 16.5. The molecule has 0 fully saturated rings. The molecule has 0 spiro atoms. The maximum absolute atomic E-state index is 12.1. The van der Waals surface area contributed by atoms with Crippen molar-refractivity contribution in [3.05, 3.63) is 23.5 Å². The van der Waals surface area contributed by atoms with E-state index in [4.69, 9.17) is 14.2 Å². The van der Waals surface area contributed by atoms with Gasteiger partial charge in [0.15, 0.2) is 17.3 Å². The van der Waals surface area contributed by atoms with Crippen molar-refractivity contribution in [3.8, 4) is 23.3 Å². The number of aromatic nitrogens is 1. The summed E-state index contributed by atoms with van der Waals surface area (Å²) in [6, 6.07) is 3.66. The number of ketones is 1. The van der Waals surface area contributed by atoms with E-state index in [9.17, 15) is 10.1 Å². The molecule has 0 atom stereocenters. The van der Waals surface area contributed by atoms with Gasteiger partial charge in [-0.25, -0.2) is 4.98 Å². The van der Waals surface area contributed by atoms with Gasteiger partial charge in [0.1, 0.15) is 11.8 Å². The van der Waals surface area contributed by atoms with E-state index >= 15 is 0 Å². The van der Waals surface area contributed by atoms with Crippen molar-refractivity contribution >= 4 is 16.6 Å². The fraction of sp³-hybridized carbons (Fsp3) is 0.267. The lowest BCUT2D eigenvalue weighted by Crippen LogP contribution is -2.05. The predicted molar refractivity (Wildman–Crippen MR) is 76.1 cm³/mol. The zero-order valence-electron chi connectivity index (χ0n) is 12.2. The van der Waals surface area contributed by atoms with Crippen molar-refractivity contribution in [2.24, 2.45) is 0 Å². The third kappa shape index (κ3) is 2.13. The van der Waals surface area contributed by atoms with Crippen LogP contribution in [0.1, 0.15) is 23.0 Å². The molecule has 1 heterocycles. The summed E-state index contributed by atoms with van der Waals surface area (Å²) in [6.07, 6.45) is 1.49. The van der Waals surface area contributed by atoms with Crippen molar-refractivity contribution in [2.45, 2.75) is 6.92 Å². The van der Waals surface area contributed by atoms with E-state index in [-0.39, 0.29) is 22.8 Å². The molecule has 0 N–H and O–H groups in total. The van der Waals surface area contributed by atoms with Crippen LogP contribution in [0.2, 0.25) is 0 Å². The molecule has 6 nitrogen and oxygen atoms in total. The number of hydrogen-bond donors (Lipinski definition) is 0. The molecule has 1 aromatic heterocycles. The maximum Gasteiger partial charge on any atom is 0.204 e. The van der Waals surface area contributed by atoms with Gasteiger partial charge >= 0.3 is 0 Å². The van der Waals surface area contributed by atoms with Gasteiger partial charge in [0.2, 0.25) is 5.75 Å². The summed E-state index contributed by atoms with van der Waals surface area (Å²) in [4.78, 5) is 16.1. The summed E-state index contributed by atoms with van der Waals surface area (Å²) in [6.45, 7) is 1.40. The number of Topliss-reactive ketones (excluding diaryl/α,β-unsaturated/α-hetero) is 1. The second-order valence-corrected chi connectivity index (χ2v) is 4.22. The molecule has 0 bridgehead atoms. The Morgan fingerprint density at radius 1 is 1.14 bits per heavy atom. The van der Waals surface area contributed by atoms with Crippen LogP contribution in [-0.4, -0.2) is 32.1 Å². The van der Waals surface area contributed by atoms with Gasteiger partial charge in [-0.05, 0) is 13.0 Å². The Balaban J connectivity index is 3.15. The molecule has 0 radical (unpaired) electrons. The van der Waals surface area contributed by atoms with Gasteiger partial charge in [0, 0.05) is 17.0 Å². The Morgan fingerprint density at radius 2 is 1.76 bits per heavy atom. The number of benzene rings is 1. The second kappa shape index (κ2) is 5.67. The van der Waals surface area contributed by atoms with Crippen molar-refractivity contribution in [3.63, 3.8) is 0 Å². The third-order valence-corrected chi connectivity index (χ3v) is 3.16. The summed E-state index contributed by atoms with van der Waals surface area (Å²) in [5, 5.41) is 10.2. The zero-order valence-corrected chi connectivity index (χ0v) is 12.2. The summed E-state index contributed by atoms with van der Waals surface area (Å²) < 4.78 is 16.0. The lowest BCUT2D eigenvalue weighted by molar-refractivity contribution is 0.101. The molecule has 21 heavy (non-hydrogen) atoms. The second-order valence-electron chi connectivity index (χ2n) is 4.22. The normalized spacial score (nSPS) is 10.0. The lowest BCUT2D eigenvalue weighted by Gasteiger charge is -2.18. The number of hydrogen-bond acceptors (Lipinski definition) is 6. The molecule has 2 aromatic rings. The number of pyridine rings is 1. The highest BCUT2D eigenvalue weighted by Crippen LogP contribution is 2.47. The molecule has 6 heteroatoms. The molecule has 0 aliphatic carbocycles. The quantitative estimate of drug-likeness (QED) is 0.802. The minimum absolute atomic E-state index is 0.136. The van der Waals surface area contributed by atoms with E-state index in [1.165, 1.54) is 34.4 Å². The Bertz CT molecular complexity index is 763. The Hall–Kier alpha value is -2.81. The van der Waals surface area contributed by atoms with Gasteiger partial charge in [-0.15, -0.1) is 0 Å². The van der Waals surface area contributed by atoms with Crippen LogP contribution in [0.4, 0.5) is 0 Å². The van der Waals surface area contributed by atoms with Crippen LogP contribution in [0, 0.1) is 11.3 Å². The first-order chi connectivity index (χ1) is 10.1. The van der Waals surface area contributed by atoms with E-state index in [0.717, 1.165) is 0 Å². The van der Waals surface area contributed by atoms with Crippen LogP contribution in [0.5, 0.6) is 17.2 Å². The van der Waals surface area contributed by atoms with Crippen molar-refractivity contribution in [2.75, 3.05) is 21.3 Å². The first kappa shape index (κ1) is 14.6. The van der Waals surface area contributed by atoms with Crippen LogP contribution in [-0.2, 0) is 0 Å². The minimum atomic E-state index is -0.248. The molecule has 0 saturated heterocycles. The van der Waals surface area contributed by atoms with Crippen molar-refractivity contribution in [1.29, 1.82) is 5.26 Å². The maximum atomic E-state index is 12.1. The smallest absolute Gasteiger partial charge is 0.204 e. The van der Waals surface area contributed by atoms with Crippen LogP contribution < -0.4 is 14.2 Å². The molecular formula is C15H14N2O4. The molecule has 0 aliphatic rings. The summed E-state index contributed by atoms with van der Waals surface area (Å²) in [5.74, 6) is 0.696. The fourth-order valence-corrected chi connectivity index (χ4v) is 2.36. The Labute approximate surface area is 121 Å². The highest BCUT2D eigenvalue weighted by Gasteiger charge is 2.26. The largest absolute Gasteiger partial charge is 0.492 e. The number of rotatable bonds is 4. The Morgan fingerprint density at radius 3 is 2.24 bits per heavy atom. The van der Waals surface area contributed by atoms with Gasteiger partial charge in [-0.2, -0.15) is 5.26 Å². The monoisotopic (exact) mass is 286 g/mol. The number of methoxy groups -OCH3 is 3. The number of nitrogens with zero attached hydrogens (tertiary/aromatic N) is 2. The lowest BCUT2D eigenvalue weighted by atomic mass is 9.98. The molecule has 2 rings (SSSR count). The Kier molecular flexibility index (Phi) is 3.94. The number of carbonyl (C=O) groups excluding carboxylic acids is 1. The summed E-state index contributed by atoms with van der Waals surface area (Å²) in [5.41, 5.74) is 0.395. The first-order valence-corrected chi connectivity index (χ1v) is 6.12. The van der Waals surface area contributed by atoms with E-state index in [1.807, 2.05) is 6.07 Å². The van der Waals surface area contributed by atoms with E-state index < -0.39 is 0 Å². The van der Waals surface area contributed by atoms with Crippen molar-refractivity contribution < 1.29 is 19.0 Å². The number of nitriles is 1. The van der Waals surface area contributed by atoms with E-state index in [2.05, 4.69) is 4.98 Å². The predicted octanol–water partition coefficient (Wildman–Crippen LogP) is 2.33. The van der Waals surface area contributed by atoms with Crippen LogP contribution in [0.3, 0.4) is 0 Å². The zero-order chi connectivity index (χ0) is 15.6. The van der Waals surface area contributed by atoms with E-state index in [1.54, 1.807) is 6.07 Å². The highest BCUT2D eigenvalue weighted by molar-refractivity contribution is 6.14. The summed E-state index contributed by atoms with van der Waals surface area (Å²) in [7, 11) is 4.37. The van der Waals surface area contributed by atoms with Crippen LogP contribution in [0.25, 0.3) is 10.8 Å². The molecule has 0 unspecified atom stereocenters. The van der Waals surface area contributed by atoms with Gasteiger partial charge < -0.3 is 14.2 Å². The topological polar surface area (TPSA) is 81.4 Å². The molecule has 0 amide bonds. The van der Waals surface area contributed by atoms with Crippen LogP contribution in [0.15, 0.2) is 12.3 Å². The SMILES string of the molecule is COc1c(OC)c(C(C)=O)c2c(C#N)nccc2c1OC. The molecule has 108 valence electrons.